The largest absolute Gasteiger partial charge is 0.453 e. The summed E-state index contributed by atoms with van der Waals surface area (Å²) < 4.78 is 75.4. The van der Waals surface area contributed by atoms with Crippen LogP contribution in [-0.4, -0.2) is 33.6 Å². The summed E-state index contributed by atoms with van der Waals surface area (Å²) in [5, 5.41) is 0. The van der Waals surface area contributed by atoms with E-state index in [0.717, 1.165) is 32.1 Å². The van der Waals surface area contributed by atoms with Gasteiger partial charge in [0.15, 0.2) is 0 Å². The van der Waals surface area contributed by atoms with Crippen LogP contribution in [0.2, 0.25) is 0 Å². The van der Waals surface area contributed by atoms with Gasteiger partial charge < -0.3 is 0 Å². The van der Waals surface area contributed by atoms with Gasteiger partial charge in [0.05, 0.1) is 0 Å². The zero-order valence-electron chi connectivity index (χ0n) is 19.5. The number of ketones is 1. The topological polar surface area (TPSA) is 34.1 Å². The Kier molecular flexibility index (Phi) is 7.30. The molecule has 1 aromatic carbocycles. The van der Waals surface area contributed by atoms with E-state index in [9.17, 15) is 31.0 Å². The molecule has 0 N–H and O–H groups in total. The van der Waals surface area contributed by atoms with Crippen LogP contribution in [0.1, 0.15) is 75.3 Å². The SMILES string of the molecule is C[C@]12CC[C@@H]3c4ccccc4C[C@@H](CCCS(=O)CCCC(F)(F)C(F)(F)F)[C@H]3[C@@H]1CCC2=O. The van der Waals surface area contributed by atoms with Gasteiger partial charge in [0.25, 0.3) is 0 Å². The van der Waals surface area contributed by atoms with E-state index in [1.807, 2.05) is 6.07 Å². The third-order valence-electron chi connectivity index (χ3n) is 8.75. The van der Waals surface area contributed by atoms with E-state index in [-0.39, 0.29) is 11.2 Å². The first-order chi connectivity index (χ1) is 15.9. The Morgan fingerprint density at radius 1 is 1.06 bits per heavy atom. The van der Waals surface area contributed by atoms with Gasteiger partial charge in [0, 0.05) is 40.6 Å². The lowest BCUT2D eigenvalue weighted by atomic mass is 9.52. The van der Waals surface area contributed by atoms with Crippen molar-refractivity contribution in [2.45, 2.75) is 82.7 Å². The average Bonchev–Trinajstić information content (AvgIpc) is 3.07. The Hall–Kier alpha value is -1.31. The van der Waals surface area contributed by atoms with Crippen molar-refractivity contribution in [2.75, 3.05) is 11.5 Å². The molecule has 8 heteroatoms. The number of Topliss-reactive ketones (excluding diaryl/α,β-unsaturated/α-hetero) is 1. The maximum atomic E-state index is 13.1. The fourth-order valence-electron chi connectivity index (χ4n) is 6.99. The molecule has 2 saturated carbocycles. The van der Waals surface area contributed by atoms with Gasteiger partial charge in [0.1, 0.15) is 5.78 Å². The summed E-state index contributed by atoms with van der Waals surface area (Å²) in [7, 11) is -1.41. The molecule has 3 aliphatic rings. The summed E-state index contributed by atoms with van der Waals surface area (Å²) in [5.41, 5.74) is 2.50. The molecule has 0 heterocycles. The number of alkyl halides is 5. The lowest BCUT2D eigenvalue weighted by Crippen LogP contribution is -2.46. The Morgan fingerprint density at radius 2 is 1.76 bits per heavy atom. The van der Waals surface area contributed by atoms with E-state index in [0.29, 0.717) is 48.0 Å². The minimum Gasteiger partial charge on any atom is -0.299 e. The number of carbonyl (C=O) groups excluding carboxylic acids is 1. The monoisotopic (exact) mass is 504 g/mol. The molecule has 34 heavy (non-hydrogen) atoms. The van der Waals surface area contributed by atoms with Crippen molar-refractivity contribution in [1.82, 2.24) is 0 Å². The van der Waals surface area contributed by atoms with Crippen LogP contribution in [0.25, 0.3) is 0 Å². The number of rotatable bonds is 8. The van der Waals surface area contributed by atoms with Crippen LogP contribution in [0.3, 0.4) is 0 Å². The minimum atomic E-state index is -5.56. The standard InChI is InChI=1S/C26H33F5O2S/c1-24-13-11-20-19-8-3-2-6-17(19)16-18(23(20)21(24)9-10-22(24)32)7-4-14-34(33)15-5-12-25(27,28)26(29,30)31/h2-3,6,8,18,20-21,23H,4-5,7,9-16H2,1H3/t18-,20-,21+,23-,24+,34?/m1/s1. The summed E-state index contributed by atoms with van der Waals surface area (Å²) in [4.78, 5) is 12.7. The molecule has 3 aliphatic carbocycles. The third kappa shape index (κ3) is 4.85. The first kappa shape index (κ1) is 25.8. The Morgan fingerprint density at radius 3 is 2.50 bits per heavy atom. The number of carbonyl (C=O) groups is 1. The van der Waals surface area contributed by atoms with Crippen molar-refractivity contribution in [3.63, 3.8) is 0 Å². The van der Waals surface area contributed by atoms with Gasteiger partial charge in [-0.3, -0.25) is 9.00 Å². The van der Waals surface area contributed by atoms with Gasteiger partial charge in [-0.15, -0.1) is 0 Å². The van der Waals surface area contributed by atoms with Crippen molar-refractivity contribution >= 4 is 16.6 Å². The molecule has 1 aromatic rings. The number of hydrogen-bond acceptors (Lipinski definition) is 2. The van der Waals surface area contributed by atoms with Gasteiger partial charge in [-0.05, 0) is 79.7 Å². The lowest BCUT2D eigenvalue weighted by Gasteiger charge is -2.51. The van der Waals surface area contributed by atoms with Gasteiger partial charge in [-0.2, -0.15) is 22.0 Å². The highest BCUT2D eigenvalue weighted by Gasteiger charge is 2.57. The molecule has 190 valence electrons. The molecule has 6 atom stereocenters. The van der Waals surface area contributed by atoms with Crippen molar-refractivity contribution in [3.05, 3.63) is 35.4 Å². The summed E-state index contributed by atoms with van der Waals surface area (Å²) in [6, 6.07) is 8.52. The van der Waals surface area contributed by atoms with Gasteiger partial charge in [0.2, 0.25) is 0 Å². The highest BCUT2D eigenvalue weighted by Crippen LogP contribution is 2.61. The van der Waals surface area contributed by atoms with Crippen molar-refractivity contribution in [1.29, 1.82) is 0 Å². The quantitative estimate of drug-likeness (QED) is 0.363. The second kappa shape index (κ2) is 9.62. The second-order valence-corrected chi connectivity index (χ2v) is 12.4. The molecular weight excluding hydrogens is 471 g/mol. The number of fused-ring (bicyclic) bond motifs is 5. The summed E-state index contributed by atoms with van der Waals surface area (Å²) in [6.45, 7) is 2.13. The minimum absolute atomic E-state index is 0.138. The summed E-state index contributed by atoms with van der Waals surface area (Å²) in [6.07, 6.45) is -1.40. The van der Waals surface area contributed by atoms with E-state index >= 15 is 0 Å². The van der Waals surface area contributed by atoms with Crippen LogP contribution in [0, 0.1) is 23.2 Å². The smallest absolute Gasteiger partial charge is 0.299 e. The molecule has 0 spiro atoms. The van der Waals surface area contributed by atoms with Gasteiger partial charge >= 0.3 is 12.1 Å². The van der Waals surface area contributed by atoms with E-state index in [1.54, 1.807) is 0 Å². The van der Waals surface area contributed by atoms with Crippen LogP contribution in [0.5, 0.6) is 0 Å². The predicted octanol–water partition coefficient (Wildman–Crippen LogP) is 6.84. The molecular formula is C26H33F5O2S. The first-order valence-corrected chi connectivity index (χ1v) is 13.8. The van der Waals surface area contributed by atoms with E-state index < -0.39 is 35.7 Å². The molecule has 0 aromatic heterocycles. The van der Waals surface area contributed by atoms with Crippen molar-refractivity contribution in [2.24, 2.45) is 23.2 Å². The third-order valence-corrected chi connectivity index (χ3v) is 10.2. The molecule has 0 saturated heterocycles. The van der Waals surface area contributed by atoms with Crippen molar-refractivity contribution < 1.29 is 31.0 Å². The van der Waals surface area contributed by atoms with Gasteiger partial charge in [-0.25, -0.2) is 0 Å². The van der Waals surface area contributed by atoms with Crippen LogP contribution >= 0.6 is 0 Å². The Labute approximate surface area is 200 Å². The van der Waals surface area contributed by atoms with Crippen molar-refractivity contribution in [3.8, 4) is 0 Å². The highest BCUT2D eigenvalue weighted by molar-refractivity contribution is 7.84. The fraction of sp³-hybridized carbons (Fsp3) is 0.731. The zero-order valence-corrected chi connectivity index (χ0v) is 20.3. The van der Waals surface area contributed by atoms with Gasteiger partial charge in [-0.1, -0.05) is 31.2 Å². The molecule has 0 radical (unpaired) electrons. The molecule has 2 nitrogen and oxygen atoms in total. The predicted molar refractivity (Wildman–Crippen MR) is 122 cm³/mol. The molecule has 0 bridgehead atoms. The van der Waals surface area contributed by atoms with Crippen LogP contribution in [0.15, 0.2) is 24.3 Å². The summed E-state index contributed by atoms with van der Waals surface area (Å²) in [5.74, 6) is -2.63. The van der Waals surface area contributed by atoms with Crippen LogP contribution < -0.4 is 0 Å². The molecule has 0 aliphatic heterocycles. The molecule has 0 amide bonds. The molecule has 2 fully saturated rings. The van der Waals surface area contributed by atoms with Crippen LogP contribution in [0.4, 0.5) is 22.0 Å². The number of halogens is 5. The van der Waals surface area contributed by atoms with E-state index in [4.69, 9.17) is 0 Å². The lowest BCUT2D eigenvalue weighted by molar-refractivity contribution is -0.284. The summed E-state index contributed by atoms with van der Waals surface area (Å²) >= 11 is 0. The average molecular weight is 505 g/mol. The zero-order chi connectivity index (χ0) is 24.7. The molecule has 1 unspecified atom stereocenters. The first-order valence-electron chi connectivity index (χ1n) is 12.3. The number of hydrogen-bond donors (Lipinski definition) is 0. The van der Waals surface area contributed by atoms with E-state index in [2.05, 4.69) is 25.1 Å². The van der Waals surface area contributed by atoms with E-state index in [1.165, 1.54) is 11.1 Å². The second-order valence-electron chi connectivity index (χ2n) is 10.7. The Bertz CT molecular complexity index is 930. The Balaban J connectivity index is 1.37. The normalized spacial score (nSPS) is 32.1. The number of benzene rings is 1. The molecule has 4 rings (SSSR count). The van der Waals surface area contributed by atoms with Crippen LogP contribution in [-0.2, 0) is 22.0 Å². The fourth-order valence-corrected chi connectivity index (χ4v) is 8.15. The maximum Gasteiger partial charge on any atom is 0.453 e. The highest BCUT2D eigenvalue weighted by atomic mass is 32.2. The maximum absolute atomic E-state index is 13.1.